The minimum Gasteiger partial charge on any atom is -0.379 e. The van der Waals surface area contributed by atoms with E-state index in [0.717, 1.165) is 10.9 Å². The van der Waals surface area contributed by atoms with Crippen molar-refractivity contribution >= 4 is 10.8 Å². The molecule has 2 unspecified atom stereocenters. The summed E-state index contributed by atoms with van der Waals surface area (Å²) in [4.78, 5) is 4.29. The summed E-state index contributed by atoms with van der Waals surface area (Å²) in [6.45, 7) is 0. The number of nitrogens with two attached hydrogens (primary N) is 1. The van der Waals surface area contributed by atoms with E-state index in [4.69, 9.17) is 10.5 Å². The molecule has 2 aromatic rings. The van der Waals surface area contributed by atoms with E-state index in [1.807, 2.05) is 24.5 Å². The monoisotopic (exact) mass is 242 g/mol. The number of ether oxygens (including phenoxy) is 1. The molecule has 2 atom stereocenters. The Morgan fingerprint density at radius 2 is 2.06 bits per heavy atom. The highest BCUT2D eigenvalue weighted by atomic mass is 16.5. The second kappa shape index (κ2) is 4.67. The Kier molecular flexibility index (Phi) is 3.02. The average molecular weight is 242 g/mol. The topological polar surface area (TPSA) is 48.1 Å². The number of nitrogens with zero attached hydrogens (tertiary/aromatic N) is 1. The molecule has 0 amide bonds. The molecule has 2 N–H and O–H groups in total. The van der Waals surface area contributed by atoms with Gasteiger partial charge in [0.25, 0.3) is 0 Å². The van der Waals surface area contributed by atoms with Crippen LogP contribution in [-0.4, -0.2) is 18.2 Å². The standard InChI is InChI=1S/C15H18N2O/c1-18-15(10-6-7-10)14(16)13-9-17-8-11-4-2-3-5-12(11)13/h2-5,8-10,14-15H,6-7,16H2,1H3. The van der Waals surface area contributed by atoms with E-state index in [1.165, 1.54) is 18.2 Å². The fraction of sp³-hybridized carbons (Fsp3) is 0.400. The number of fused-ring (bicyclic) bond motifs is 1. The van der Waals surface area contributed by atoms with Crippen LogP contribution in [0.4, 0.5) is 0 Å². The Balaban J connectivity index is 2.02. The van der Waals surface area contributed by atoms with E-state index in [2.05, 4.69) is 17.1 Å². The van der Waals surface area contributed by atoms with Gasteiger partial charge in [-0.05, 0) is 29.7 Å². The number of rotatable bonds is 4. The maximum atomic E-state index is 6.39. The van der Waals surface area contributed by atoms with Gasteiger partial charge in [0.05, 0.1) is 12.1 Å². The summed E-state index contributed by atoms with van der Waals surface area (Å²) in [5.41, 5.74) is 7.48. The molecule has 1 heterocycles. The molecule has 0 aliphatic heterocycles. The van der Waals surface area contributed by atoms with E-state index >= 15 is 0 Å². The maximum Gasteiger partial charge on any atom is 0.0792 e. The summed E-state index contributed by atoms with van der Waals surface area (Å²) in [7, 11) is 1.75. The van der Waals surface area contributed by atoms with Crippen LogP contribution in [0.5, 0.6) is 0 Å². The van der Waals surface area contributed by atoms with E-state index in [9.17, 15) is 0 Å². The van der Waals surface area contributed by atoms with E-state index in [1.54, 1.807) is 7.11 Å². The summed E-state index contributed by atoms with van der Waals surface area (Å²) < 4.78 is 5.59. The van der Waals surface area contributed by atoms with Crippen molar-refractivity contribution in [3.05, 3.63) is 42.2 Å². The molecule has 0 saturated heterocycles. The molecule has 18 heavy (non-hydrogen) atoms. The first-order valence-corrected chi connectivity index (χ1v) is 6.42. The second-order valence-electron chi connectivity index (χ2n) is 5.01. The van der Waals surface area contributed by atoms with Crippen molar-refractivity contribution in [2.75, 3.05) is 7.11 Å². The molecular weight excluding hydrogens is 224 g/mol. The van der Waals surface area contributed by atoms with Gasteiger partial charge in [0.2, 0.25) is 0 Å². The number of methoxy groups -OCH3 is 1. The lowest BCUT2D eigenvalue weighted by Gasteiger charge is -2.23. The van der Waals surface area contributed by atoms with Crippen molar-refractivity contribution in [2.45, 2.75) is 25.0 Å². The van der Waals surface area contributed by atoms with E-state index < -0.39 is 0 Å². The molecule has 0 bridgehead atoms. The van der Waals surface area contributed by atoms with Crippen LogP contribution in [0.25, 0.3) is 10.8 Å². The molecule has 3 heteroatoms. The zero-order chi connectivity index (χ0) is 12.5. The van der Waals surface area contributed by atoms with Gasteiger partial charge < -0.3 is 10.5 Å². The van der Waals surface area contributed by atoms with Crippen molar-refractivity contribution in [1.82, 2.24) is 4.98 Å². The lowest BCUT2D eigenvalue weighted by atomic mass is 9.96. The fourth-order valence-corrected chi connectivity index (χ4v) is 2.64. The third-order valence-corrected chi connectivity index (χ3v) is 3.77. The van der Waals surface area contributed by atoms with Gasteiger partial charge in [-0.3, -0.25) is 4.98 Å². The second-order valence-corrected chi connectivity index (χ2v) is 5.01. The molecule has 3 rings (SSSR count). The normalized spacial score (nSPS) is 18.8. The number of hydrogen-bond donors (Lipinski definition) is 1. The summed E-state index contributed by atoms with van der Waals surface area (Å²) in [6, 6.07) is 8.13. The first kappa shape index (κ1) is 11.6. The molecule has 3 nitrogen and oxygen atoms in total. The third kappa shape index (κ3) is 2.00. The Hall–Kier alpha value is -1.45. The van der Waals surface area contributed by atoms with Crippen LogP contribution >= 0.6 is 0 Å². The Labute approximate surface area is 107 Å². The predicted molar refractivity (Wildman–Crippen MR) is 72.2 cm³/mol. The van der Waals surface area contributed by atoms with Gasteiger partial charge in [0.15, 0.2) is 0 Å². The largest absolute Gasteiger partial charge is 0.379 e. The van der Waals surface area contributed by atoms with Crippen LogP contribution in [0, 0.1) is 5.92 Å². The predicted octanol–water partition coefficient (Wildman–Crippen LogP) is 2.66. The first-order chi connectivity index (χ1) is 8.81. The molecule has 1 aromatic carbocycles. The molecule has 1 aliphatic rings. The van der Waals surface area contributed by atoms with Crippen molar-refractivity contribution in [2.24, 2.45) is 11.7 Å². The summed E-state index contributed by atoms with van der Waals surface area (Å²) in [5.74, 6) is 0.615. The van der Waals surface area contributed by atoms with E-state index in [0.29, 0.717) is 5.92 Å². The number of aromatic nitrogens is 1. The molecule has 0 radical (unpaired) electrons. The number of benzene rings is 1. The van der Waals surface area contributed by atoms with Crippen molar-refractivity contribution in [3.63, 3.8) is 0 Å². The zero-order valence-electron chi connectivity index (χ0n) is 10.5. The van der Waals surface area contributed by atoms with Crippen molar-refractivity contribution in [1.29, 1.82) is 0 Å². The summed E-state index contributed by atoms with van der Waals surface area (Å²) >= 11 is 0. The number of hydrogen-bond acceptors (Lipinski definition) is 3. The van der Waals surface area contributed by atoms with Crippen LogP contribution in [-0.2, 0) is 4.74 Å². The average Bonchev–Trinajstić information content (AvgIpc) is 3.23. The first-order valence-electron chi connectivity index (χ1n) is 6.42. The molecule has 1 aliphatic carbocycles. The van der Waals surface area contributed by atoms with Gasteiger partial charge in [0.1, 0.15) is 0 Å². The van der Waals surface area contributed by atoms with Crippen LogP contribution < -0.4 is 5.73 Å². The third-order valence-electron chi connectivity index (χ3n) is 3.77. The van der Waals surface area contributed by atoms with Crippen LogP contribution in [0.3, 0.4) is 0 Å². The SMILES string of the molecule is COC(C1CC1)C(N)c1cncc2ccccc12. The minimum absolute atomic E-state index is 0.0962. The summed E-state index contributed by atoms with van der Waals surface area (Å²) in [6.07, 6.45) is 6.32. The molecular formula is C15H18N2O. The van der Waals surface area contributed by atoms with Gasteiger partial charge in [-0.2, -0.15) is 0 Å². The van der Waals surface area contributed by atoms with Gasteiger partial charge in [-0.15, -0.1) is 0 Å². The lowest BCUT2D eigenvalue weighted by molar-refractivity contribution is 0.0627. The van der Waals surface area contributed by atoms with Gasteiger partial charge in [-0.1, -0.05) is 24.3 Å². The quantitative estimate of drug-likeness (QED) is 0.896. The van der Waals surface area contributed by atoms with Gasteiger partial charge >= 0.3 is 0 Å². The molecule has 1 saturated carbocycles. The van der Waals surface area contributed by atoms with Crippen molar-refractivity contribution in [3.8, 4) is 0 Å². The van der Waals surface area contributed by atoms with Crippen molar-refractivity contribution < 1.29 is 4.74 Å². The van der Waals surface area contributed by atoms with Crippen LogP contribution in [0.2, 0.25) is 0 Å². The summed E-state index contributed by atoms with van der Waals surface area (Å²) in [5, 5.41) is 2.32. The molecule has 0 spiro atoms. The minimum atomic E-state index is -0.0962. The highest BCUT2D eigenvalue weighted by Crippen LogP contribution is 2.39. The zero-order valence-corrected chi connectivity index (χ0v) is 10.5. The van der Waals surface area contributed by atoms with Gasteiger partial charge in [0, 0.05) is 24.9 Å². The maximum absolute atomic E-state index is 6.39. The highest BCUT2D eigenvalue weighted by Gasteiger charge is 2.36. The lowest BCUT2D eigenvalue weighted by Crippen LogP contribution is -2.30. The highest BCUT2D eigenvalue weighted by molar-refractivity contribution is 5.85. The molecule has 94 valence electrons. The Morgan fingerprint density at radius 3 is 2.78 bits per heavy atom. The smallest absolute Gasteiger partial charge is 0.0792 e. The fourth-order valence-electron chi connectivity index (χ4n) is 2.64. The number of pyridine rings is 1. The Bertz CT molecular complexity index is 546. The van der Waals surface area contributed by atoms with Gasteiger partial charge in [-0.25, -0.2) is 0 Å². The Morgan fingerprint density at radius 1 is 1.28 bits per heavy atom. The van der Waals surface area contributed by atoms with E-state index in [-0.39, 0.29) is 12.1 Å². The molecule has 1 aromatic heterocycles. The van der Waals surface area contributed by atoms with Crippen LogP contribution in [0.1, 0.15) is 24.4 Å². The molecule has 1 fully saturated rings. The van der Waals surface area contributed by atoms with Crippen LogP contribution in [0.15, 0.2) is 36.7 Å².